The van der Waals surface area contributed by atoms with E-state index in [1.165, 1.54) is 25.8 Å². The average Bonchev–Trinajstić information content (AvgIpc) is 3.14. The Kier molecular flexibility index (Phi) is 4.10. The van der Waals surface area contributed by atoms with E-state index >= 15 is 0 Å². The van der Waals surface area contributed by atoms with Crippen molar-refractivity contribution in [2.45, 2.75) is 38.9 Å². The number of carbonyl (C=O) groups excluding carboxylic acids is 1. The lowest BCUT2D eigenvalue weighted by Crippen LogP contribution is -2.38. The van der Waals surface area contributed by atoms with Crippen LogP contribution in [0.25, 0.3) is 0 Å². The largest absolute Gasteiger partial charge is 0.346 e. The topological polar surface area (TPSA) is 68.0 Å². The highest BCUT2D eigenvalue weighted by atomic mass is 16.1. The van der Waals surface area contributed by atoms with Crippen LogP contribution in [0.15, 0.2) is 18.6 Å². The lowest BCUT2D eigenvalue weighted by molar-refractivity contribution is 0.0950. The molecule has 0 radical (unpaired) electrons. The van der Waals surface area contributed by atoms with Crippen LogP contribution in [0.3, 0.4) is 0 Å². The summed E-state index contributed by atoms with van der Waals surface area (Å²) in [4.78, 5) is 19.3. The zero-order valence-electron chi connectivity index (χ0n) is 14.1. The molecular formula is C17H24N6O. The number of hydrogen-bond acceptors (Lipinski definition) is 4. The minimum absolute atomic E-state index is 0.110. The lowest BCUT2D eigenvalue weighted by Gasteiger charge is -2.34. The highest BCUT2D eigenvalue weighted by Gasteiger charge is 2.24. The Bertz CT molecular complexity index is 729. The highest BCUT2D eigenvalue weighted by molar-refractivity contribution is 5.93. The molecule has 0 saturated heterocycles. The van der Waals surface area contributed by atoms with Gasteiger partial charge in [-0.05, 0) is 18.8 Å². The Morgan fingerprint density at radius 1 is 1.33 bits per heavy atom. The fraction of sp³-hybridized carbons (Fsp3) is 0.588. The first-order valence-electron chi connectivity index (χ1n) is 8.71. The number of amides is 1. The molecule has 2 aromatic heterocycles. The quantitative estimate of drug-likeness (QED) is 0.894. The van der Waals surface area contributed by atoms with Gasteiger partial charge >= 0.3 is 0 Å². The molecule has 7 nitrogen and oxygen atoms in total. The van der Waals surface area contributed by atoms with Gasteiger partial charge in [0.2, 0.25) is 0 Å². The predicted molar refractivity (Wildman–Crippen MR) is 89.2 cm³/mol. The molecule has 1 amide bonds. The number of fused-ring (bicyclic) bond motifs is 1. The molecule has 0 unspecified atom stereocenters. The highest BCUT2D eigenvalue weighted by Crippen LogP contribution is 2.28. The number of aryl methyl sites for hydroxylation is 1. The van der Waals surface area contributed by atoms with Gasteiger partial charge in [0.15, 0.2) is 0 Å². The van der Waals surface area contributed by atoms with Gasteiger partial charge in [0, 0.05) is 39.1 Å². The second kappa shape index (κ2) is 6.39. The summed E-state index contributed by atoms with van der Waals surface area (Å²) in [5.74, 6) is 1.90. The van der Waals surface area contributed by atoms with Crippen LogP contribution in [0.5, 0.6) is 0 Å². The van der Waals surface area contributed by atoms with Crippen LogP contribution >= 0.6 is 0 Å². The molecule has 4 rings (SSSR count). The summed E-state index contributed by atoms with van der Waals surface area (Å²) in [5, 5.41) is 6.94. The fourth-order valence-corrected chi connectivity index (χ4v) is 3.45. The average molecular weight is 328 g/mol. The number of aromatic nitrogens is 4. The molecule has 128 valence electrons. The second-order valence-corrected chi connectivity index (χ2v) is 6.96. The Morgan fingerprint density at radius 3 is 2.92 bits per heavy atom. The number of carbonyl (C=O) groups is 1. The van der Waals surface area contributed by atoms with E-state index < -0.39 is 0 Å². The molecule has 1 fully saturated rings. The Morgan fingerprint density at radius 2 is 2.21 bits per heavy atom. The summed E-state index contributed by atoms with van der Waals surface area (Å²) in [6, 6.07) is 0. The van der Waals surface area contributed by atoms with E-state index in [0.717, 1.165) is 37.1 Å². The minimum atomic E-state index is -0.110. The van der Waals surface area contributed by atoms with E-state index in [-0.39, 0.29) is 5.91 Å². The van der Waals surface area contributed by atoms with E-state index in [2.05, 4.69) is 26.1 Å². The van der Waals surface area contributed by atoms with Gasteiger partial charge in [0.05, 0.1) is 30.5 Å². The van der Waals surface area contributed by atoms with Gasteiger partial charge in [-0.3, -0.25) is 14.4 Å². The van der Waals surface area contributed by atoms with Crippen LogP contribution in [0.1, 0.15) is 41.1 Å². The molecule has 1 N–H and O–H groups in total. The Balaban J connectivity index is 1.33. The maximum atomic E-state index is 12.1. The van der Waals surface area contributed by atoms with E-state index in [0.29, 0.717) is 12.1 Å². The maximum Gasteiger partial charge on any atom is 0.254 e. The molecule has 1 aliphatic carbocycles. The standard InChI is InChI=1S/C17H24N6O/c1-21-10-14(7-19-21)17(24)18-8-15-11-23-6-5-22(12-16(23)20-15)9-13-3-2-4-13/h7,10-11,13H,2-6,8-9,12H2,1H3,(H,18,24). The zero-order chi connectivity index (χ0) is 16.5. The molecule has 7 heteroatoms. The molecule has 0 atom stereocenters. The van der Waals surface area contributed by atoms with E-state index in [1.807, 2.05) is 0 Å². The van der Waals surface area contributed by atoms with E-state index in [9.17, 15) is 4.79 Å². The molecule has 0 spiro atoms. The van der Waals surface area contributed by atoms with Gasteiger partial charge in [-0.2, -0.15) is 5.10 Å². The first kappa shape index (κ1) is 15.4. The smallest absolute Gasteiger partial charge is 0.254 e. The third-order valence-electron chi connectivity index (χ3n) is 5.07. The first-order valence-corrected chi connectivity index (χ1v) is 8.71. The van der Waals surface area contributed by atoms with Gasteiger partial charge in [-0.25, -0.2) is 4.98 Å². The van der Waals surface area contributed by atoms with Crippen molar-refractivity contribution in [2.24, 2.45) is 13.0 Å². The molecular weight excluding hydrogens is 304 g/mol. The van der Waals surface area contributed by atoms with Crippen LogP contribution in [0.4, 0.5) is 0 Å². The van der Waals surface area contributed by atoms with Crippen LogP contribution in [-0.2, 0) is 26.7 Å². The molecule has 1 saturated carbocycles. The summed E-state index contributed by atoms with van der Waals surface area (Å²) in [5.41, 5.74) is 1.50. The summed E-state index contributed by atoms with van der Waals surface area (Å²) in [7, 11) is 1.80. The third kappa shape index (κ3) is 3.21. The third-order valence-corrected chi connectivity index (χ3v) is 5.07. The van der Waals surface area contributed by atoms with Crippen molar-refractivity contribution in [1.82, 2.24) is 29.5 Å². The van der Waals surface area contributed by atoms with Crippen molar-refractivity contribution in [3.05, 3.63) is 35.7 Å². The summed E-state index contributed by atoms with van der Waals surface area (Å²) in [6.45, 7) is 4.68. The molecule has 0 aromatic carbocycles. The Labute approximate surface area is 141 Å². The number of hydrogen-bond donors (Lipinski definition) is 1. The number of imidazole rings is 1. The van der Waals surface area contributed by atoms with Crippen molar-refractivity contribution in [3.63, 3.8) is 0 Å². The molecule has 0 bridgehead atoms. The predicted octanol–water partition coefficient (Wildman–Crippen LogP) is 1.16. The fourth-order valence-electron chi connectivity index (χ4n) is 3.45. The summed E-state index contributed by atoms with van der Waals surface area (Å²) in [6.07, 6.45) is 9.53. The van der Waals surface area contributed by atoms with Crippen molar-refractivity contribution in [2.75, 3.05) is 13.1 Å². The summed E-state index contributed by atoms with van der Waals surface area (Å²) < 4.78 is 3.85. The van der Waals surface area contributed by atoms with Crippen LogP contribution in [-0.4, -0.2) is 43.2 Å². The molecule has 2 aromatic rings. The first-order chi connectivity index (χ1) is 11.7. The van der Waals surface area contributed by atoms with Crippen LogP contribution in [0, 0.1) is 5.92 Å². The number of nitrogens with zero attached hydrogens (tertiary/aromatic N) is 5. The minimum Gasteiger partial charge on any atom is -0.346 e. The molecule has 2 aliphatic rings. The molecule has 3 heterocycles. The van der Waals surface area contributed by atoms with Crippen molar-refractivity contribution in [3.8, 4) is 0 Å². The van der Waals surface area contributed by atoms with Crippen molar-refractivity contribution >= 4 is 5.91 Å². The number of rotatable bonds is 5. The van der Waals surface area contributed by atoms with Gasteiger partial charge in [-0.1, -0.05) is 6.42 Å². The van der Waals surface area contributed by atoms with Crippen LogP contribution < -0.4 is 5.32 Å². The molecule has 24 heavy (non-hydrogen) atoms. The monoisotopic (exact) mass is 328 g/mol. The van der Waals surface area contributed by atoms with Crippen molar-refractivity contribution < 1.29 is 4.79 Å². The lowest BCUT2D eigenvalue weighted by atomic mass is 9.85. The SMILES string of the molecule is Cn1cc(C(=O)NCc2cn3c(n2)CN(CC2CCC2)CC3)cn1. The zero-order valence-corrected chi connectivity index (χ0v) is 14.1. The Hall–Kier alpha value is -2.15. The van der Waals surface area contributed by atoms with Crippen molar-refractivity contribution in [1.29, 1.82) is 0 Å². The van der Waals surface area contributed by atoms with Gasteiger partial charge in [0.25, 0.3) is 5.91 Å². The van der Waals surface area contributed by atoms with Gasteiger partial charge in [-0.15, -0.1) is 0 Å². The number of nitrogens with one attached hydrogen (secondary N) is 1. The molecule has 1 aliphatic heterocycles. The van der Waals surface area contributed by atoms with E-state index in [4.69, 9.17) is 4.98 Å². The summed E-state index contributed by atoms with van der Waals surface area (Å²) >= 11 is 0. The maximum absolute atomic E-state index is 12.1. The normalized spacial score (nSPS) is 18.2. The van der Waals surface area contributed by atoms with Gasteiger partial charge in [0.1, 0.15) is 5.82 Å². The van der Waals surface area contributed by atoms with Crippen LogP contribution in [0.2, 0.25) is 0 Å². The van der Waals surface area contributed by atoms with E-state index in [1.54, 1.807) is 24.1 Å². The second-order valence-electron chi connectivity index (χ2n) is 6.96. The van der Waals surface area contributed by atoms with Gasteiger partial charge < -0.3 is 9.88 Å².